The fourth-order valence-electron chi connectivity index (χ4n) is 2.38. The quantitative estimate of drug-likeness (QED) is 0.725. The average molecular weight is 237 g/mol. The molecule has 0 spiro atoms. The van der Waals surface area contributed by atoms with Crippen molar-refractivity contribution in [2.75, 3.05) is 0 Å². The number of nitrogens with zero attached hydrogens (tertiary/aromatic N) is 1. The average Bonchev–Trinajstić information content (AvgIpc) is 2.86. The Labute approximate surface area is 98.4 Å². The fraction of sp³-hybridized carbons (Fsp3) is 0.545. The summed E-state index contributed by atoms with van der Waals surface area (Å²) in [6, 6.07) is 0. The van der Waals surface area contributed by atoms with E-state index in [0.717, 1.165) is 25.7 Å². The van der Waals surface area contributed by atoms with E-state index in [1.807, 2.05) is 0 Å². The number of H-pyrrole nitrogens is 1. The van der Waals surface area contributed by atoms with Crippen LogP contribution in [0.4, 0.5) is 0 Å². The molecule has 1 aromatic heterocycles. The molecule has 0 atom stereocenters. The molecule has 17 heavy (non-hydrogen) atoms. The minimum absolute atomic E-state index is 0.0210. The standard InChI is InChI=1S/C11H15N3O3/c15-9(16)5-11(3-1-2-4-11)14-10(17)8-6-12-7-13-8/h6-7H,1-5H2,(H,12,13)(H,14,17)(H,15,16). The Hall–Kier alpha value is -1.85. The molecule has 0 bridgehead atoms. The first-order valence-corrected chi connectivity index (χ1v) is 5.64. The Morgan fingerprint density at radius 3 is 2.71 bits per heavy atom. The third-order valence-electron chi connectivity index (χ3n) is 3.17. The van der Waals surface area contributed by atoms with Gasteiger partial charge in [0.2, 0.25) is 0 Å². The highest BCUT2D eigenvalue weighted by molar-refractivity contribution is 5.92. The van der Waals surface area contributed by atoms with E-state index in [-0.39, 0.29) is 12.3 Å². The predicted octanol–water partition coefficient (Wildman–Crippen LogP) is 0.927. The number of hydrogen-bond acceptors (Lipinski definition) is 3. The van der Waals surface area contributed by atoms with Crippen molar-refractivity contribution in [3.05, 3.63) is 18.2 Å². The fourth-order valence-corrected chi connectivity index (χ4v) is 2.38. The summed E-state index contributed by atoms with van der Waals surface area (Å²) in [4.78, 5) is 29.2. The van der Waals surface area contributed by atoms with Crippen molar-refractivity contribution in [2.45, 2.75) is 37.6 Å². The van der Waals surface area contributed by atoms with Gasteiger partial charge < -0.3 is 15.4 Å². The van der Waals surface area contributed by atoms with Crippen LogP contribution in [-0.2, 0) is 4.79 Å². The Morgan fingerprint density at radius 2 is 2.18 bits per heavy atom. The summed E-state index contributed by atoms with van der Waals surface area (Å²) in [7, 11) is 0. The maximum absolute atomic E-state index is 11.9. The molecular weight excluding hydrogens is 222 g/mol. The molecule has 3 N–H and O–H groups in total. The number of imidazole rings is 1. The van der Waals surface area contributed by atoms with Crippen LogP contribution in [0.15, 0.2) is 12.5 Å². The summed E-state index contributed by atoms with van der Waals surface area (Å²) in [6.07, 6.45) is 6.19. The number of carboxylic acids is 1. The number of aliphatic carboxylic acids is 1. The zero-order valence-electron chi connectivity index (χ0n) is 9.40. The van der Waals surface area contributed by atoms with Crippen LogP contribution in [0.3, 0.4) is 0 Å². The molecule has 6 nitrogen and oxygen atoms in total. The molecule has 0 saturated heterocycles. The van der Waals surface area contributed by atoms with Crippen molar-refractivity contribution in [2.24, 2.45) is 0 Å². The molecule has 0 aromatic carbocycles. The van der Waals surface area contributed by atoms with Crippen LogP contribution in [0.2, 0.25) is 0 Å². The van der Waals surface area contributed by atoms with Crippen LogP contribution in [0, 0.1) is 0 Å². The molecule has 1 amide bonds. The highest BCUT2D eigenvalue weighted by atomic mass is 16.4. The minimum atomic E-state index is -0.878. The molecule has 2 rings (SSSR count). The van der Waals surface area contributed by atoms with E-state index in [0.29, 0.717) is 5.69 Å². The van der Waals surface area contributed by atoms with E-state index in [1.54, 1.807) is 0 Å². The van der Waals surface area contributed by atoms with Gasteiger partial charge in [-0.1, -0.05) is 12.8 Å². The first-order valence-electron chi connectivity index (χ1n) is 5.64. The first-order chi connectivity index (χ1) is 8.11. The summed E-state index contributed by atoms with van der Waals surface area (Å²) >= 11 is 0. The summed E-state index contributed by atoms with van der Waals surface area (Å²) in [5.74, 6) is -1.16. The van der Waals surface area contributed by atoms with E-state index in [1.165, 1.54) is 12.5 Å². The van der Waals surface area contributed by atoms with Gasteiger partial charge in [0.1, 0.15) is 5.69 Å². The Kier molecular flexibility index (Phi) is 3.12. The molecule has 1 heterocycles. The molecule has 6 heteroatoms. The molecule has 0 aliphatic heterocycles. The summed E-state index contributed by atoms with van der Waals surface area (Å²) in [5, 5.41) is 11.7. The van der Waals surface area contributed by atoms with Gasteiger partial charge in [-0.05, 0) is 12.8 Å². The maximum atomic E-state index is 11.9. The van der Waals surface area contributed by atoms with Crippen molar-refractivity contribution < 1.29 is 14.7 Å². The van der Waals surface area contributed by atoms with Crippen LogP contribution >= 0.6 is 0 Å². The number of rotatable bonds is 4. The van der Waals surface area contributed by atoms with Crippen LogP contribution < -0.4 is 5.32 Å². The second-order valence-electron chi connectivity index (χ2n) is 4.48. The third kappa shape index (κ3) is 2.64. The summed E-state index contributed by atoms with van der Waals surface area (Å²) in [5.41, 5.74) is -0.227. The highest BCUT2D eigenvalue weighted by Crippen LogP contribution is 2.32. The lowest BCUT2D eigenvalue weighted by atomic mass is 9.93. The number of carboxylic acid groups (broad SMARTS) is 1. The van der Waals surface area contributed by atoms with Gasteiger partial charge >= 0.3 is 5.97 Å². The topological polar surface area (TPSA) is 95.1 Å². The van der Waals surface area contributed by atoms with Gasteiger partial charge in [-0.3, -0.25) is 9.59 Å². The number of aromatic nitrogens is 2. The van der Waals surface area contributed by atoms with E-state index in [4.69, 9.17) is 5.11 Å². The second kappa shape index (κ2) is 4.57. The zero-order valence-corrected chi connectivity index (χ0v) is 9.40. The summed E-state index contributed by atoms with van der Waals surface area (Å²) < 4.78 is 0. The van der Waals surface area contributed by atoms with Gasteiger partial charge in [0.15, 0.2) is 0 Å². The highest BCUT2D eigenvalue weighted by Gasteiger charge is 2.37. The van der Waals surface area contributed by atoms with Gasteiger partial charge in [-0.15, -0.1) is 0 Å². The molecule has 1 aliphatic rings. The van der Waals surface area contributed by atoms with Gasteiger partial charge in [-0.25, -0.2) is 4.98 Å². The largest absolute Gasteiger partial charge is 0.481 e. The number of amides is 1. The van der Waals surface area contributed by atoms with E-state index < -0.39 is 11.5 Å². The predicted molar refractivity (Wildman–Crippen MR) is 59.5 cm³/mol. The van der Waals surface area contributed by atoms with Crippen LogP contribution in [-0.4, -0.2) is 32.5 Å². The number of carbonyl (C=O) groups excluding carboxylic acids is 1. The van der Waals surface area contributed by atoms with E-state index >= 15 is 0 Å². The molecule has 1 aromatic rings. The van der Waals surface area contributed by atoms with Gasteiger partial charge in [0.05, 0.1) is 24.5 Å². The lowest BCUT2D eigenvalue weighted by molar-refractivity contribution is -0.138. The Bertz CT molecular complexity index is 408. The number of aromatic amines is 1. The molecule has 1 fully saturated rings. The normalized spacial score (nSPS) is 17.9. The van der Waals surface area contributed by atoms with Crippen molar-refractivity contribution in [1.29, 1.82) is 0 Å². The van der Waals surface area contributed by atoms with Crippen molar-refractivity contribution >= 4 is 11.9 Å². The van der Waals surface area contributed by atoms with E-state index in [2.05, 4.69) is 15.3 Å². The SMILES string of the molecule is O=C(O)CC1(NC(=O)c2cnc[nH]2)CCCC1. The number of hydrogen-bond donors (Lipinski definition) is 3. The number of carbonyl (C=O) groups is 2. The molecular formula is C11H15N3O3. The summed E-state index contributed by atoms with van der Waals surface area (Å²) in [6.45, 7) is 0. The number of nitrogens with one attached hydrogen (secondary N) is 2. The van der Waals surface area contributed by atoms with Crippen molar-refractivity contribution in [1.82, 2.24) is 15.3 Å². The molecule has 92 valence electrons. The molecule has 1 aliphatic carbocycles. The monoisotopic (exact) mass is 237 g/mol. The minimum Gasteiger partial charge on any atom is -0.481 e. The lowest BCUT2D eigenvalue weighted by Gasteiger charge is -2.28. The molecule has 0 radical (unpaired) electrons. The Morgan fingerprint density at radius 1 is 1.47 bits per heavy atom. The van der Waals surface area contributed by atoms with E-state index in [9.17, 15) is 9.59 Å². The van der Waals surface area contributed by atoms with Crippen LogP contribution in [0.1, 0.15) is 42.6 Å². The maximum Gasteiger partial charge on any atom is 0.305 e. The van der Waals surface area contributed by atoms with Gasteiger partial charge in [0, 0.05) is 0 Å². The Balaban J connectivity index is 2.08. The van der Waals surface area contributed by atoms with Gasteiger partial charge in [0.25, 0.3) is 5.91 Å². The second-order valence-corrected chi connectivity index (χ2v) is 4.48. The third-order valence-corrected chi connectivity index (χ3v) is 3.17. The van der Waals surface area contributed by atoms with Crippen LogP contribution in [0.25, 0.3) is 0 Å². The zero-order chi connectivity index (χ0) is 12.3. The smallest absolute Gasteiger partial charge is 0.305 e. The van der Waals surface area contributed by atoms with Crippen molar-refractivity contribution in [3.8, 4) is 0 Å². The van der Waals surface area contributed by atoms with Gasteiger partial charge in [-0.2, -0.15) is 0 Å². The van der Waals surface area contributed by atoms with Crippen LogP contribution in [0.5, 0.6) is 0 Å². The van der Waals surface area contributed by atoms with Crippen molar-refractivity contribution in [3.63, 3.8) is 0 Å². The lowest BCUT2D eigenvalue weighted by Crippen LogP contribution is -2.47. The molecule has 1 saturated carbocycles. The molecule has 0 unspecified atom stereocenters. The first kappa shape index (κ1) is 11.6.